The molecule has 0 unspecified atom stereocenters. The van der Waals surface area contributed by atoms with Crippen molar-refractivity contribution in [3.63, 3.8) is 0 Å². The molecular formula is C12H16ClN5O2S. The van der Waals surface area contributed by atoms with Crippen LogP contribution in [0.3, 0.4) is 0 Å². The number of rotatable bonds is 6. The van der Waals surface area contributed by atoms with Gasteiger partial charge in [0.05, 0.1) is 18.0 Å². The summed E-state index contributed by atoms with van der Waals surface area (Å²) in [5.74, 6) is -0.0555. The quantitative estimate of drug-likeness (QED) is 0.793. The van der Waals surface area contributed by atoms with E-state index in [9.17, 15) is 8.42 Å². The molecular weight excluding hydrogens is 314 g/mol. The summed E-state index contributed by atoms with van der Waals surface area (Å²) in [6, 6.07) is 3.63. The van der Waals surface area contributed by atoms with Gasteiger partial charge in [0.15, 0.2) is 0 Å². The average molecular weight is 330 g/mol. The van der Waals surface area contributed by atoms with Gasteiger partial charge in [-0.3, -0.25) is 0 Å². The van der Waals surface area contributed by atoms with E-state index in [0.717, 1.165) is 17.0 Å². The Balaban J connectivity index is 1.97. The van der Waals surface area contributed by atoms with Crippen LogP contribution >= 0.6 is 11.6 Å². The lowest BCUT2D eigenvalue weighted by molar-refractivity contribution is 0.594. The number of aromatic nitrogens is 4. The van der Waals surface area contributed by atoms with Gasteiger partial charge in [-0.1, -0.05) is 22.9 Å². The van der Waals surface area contributed by atoms with Gasteiger partial charge < -0.3 is 0 Å². The van der Waals surface area contributed by atoms with E-state index in [2.05, 4.69) is 15.3 Å². The van der Waals surface area contributed by atoms with Crippen LogP contribution in [-0.4, -0.2) is 34.1 Å². The number of aryl methyl sites for hydroxylation is 2. The van der Waals surface area contributed by atoms with Crippen LogP contribution in [-0.2, 0) is 23.0 Å². The summed E-state index contributed by atoms with van der Waals surface area (Å²) in [6.45, 7) is 2.42. The number of nitrogens with zero attached hydrogens (tertiary/aromatic N) is 4. The SMILES string of the molecule is Cc1nc(Cl)ccc1Cn1cc(CCCS(N)(=O)=O)nn1. The Labute approximate surface area is 128 Å². The monoisotopic (exact) mass is 329 g/mol. The van der Waals surface area contributed by atoms with E-state index in [4.69, 9.17) is 16.7 Å². The first kappa shape index (κ1) is 15.9. The van der Waals surface area contributed by atoms with E-state index in [1.807, 2.05) is 13.0 Å². The van der Waals surface area contributed by atoms with Crippen molar-refractivity contribution in [2.45, 2.75) is 26.3 Å². The summed E-state index contributed by atoms with van der Waals surface area (Å²) in [6.07, 6.45) is 2.74. The second kappa shape index (κ2) is 6.50. The van der Waals surface area contributed by atoms with Crippen LogP contribution < -0.4 is 5.14 Å². The highest BCUT2D eigenvalue weighted by molar-refractivity contribution is 7.89. The summed E-state index contributed by atoms with van der Waals surface area (Å²) in [7, 11) is -3.42. The van der Waals surface area contributed by atoms with Gasteiger partial charge in [-0.15, -0.1) is 5.10 Å². The zero-order chi connectivity index (χ0) is 15.5. The van der Waals surface area contributed by atoms with Crippen molar-refractivity contribution in [1.29, 1.82) is 0 Å². The fourth-order valence-electron chi connectivity index (χ4n) is 1.89. The molecule has 21 heavy (non-hydrogen) atoms. The number of pyridine rings is 1. The maximum Gasteiger partial charge on any atom is 0.209 e. The maximum atomic E-state index is 10.9. The van der Waals surface area contributed by atoms with Crippen molar-refractivity contribution in [1.82, 2.24) is 20.0 Å². The minimum Gasteiger partial charge on any atom is -0.248 e. The largest absolute Gasteiger partial charge is 0.248 e. The van der Waals surface area contributed by atoms with Gasteiger partial charge in [0.2, 0.25) is 10.0 Å². The number of halogens is 1. The molecule has 0 saturated heterocycles. The van der Waals surface area contributed by atoms with Gasteiger partial charge in [0.1, 0.15) is 5.15 Å². The molecule has 2 aromatic rings. The number of hydrogen-bond acceptors (Lipinski definition) is 5. The molecule has 0 radical (unpaired) electrons. The molecule has 2 aromatic heterocycles. The van der Waals surface area contributed by atoms with Gasteiger partial charge in [-0.05, 0) is 31.4 Å². The normalized spacial score (nSPS) is 11.8. The number of nitrogens with two attached hydrogens (primary N) is 1. The molecule has 0 spiro atoms. The maximum absolute atomic E-state index is 10.9. The van der Waals surface area contributed by atoms with E-state index in [1.165, 1.54) is 0 Å². The highest BCUT2D eigenvalue weighted by atomic mass is 35.5. The molecule has 0 aliphatic carbocycles. The molecule has 0 aromatic carbocycles. The fraction of sp³-hybridized carbons (Fsp3) is 0.417. The summed E-state index contributed by atoms with van der Waals surface area (Å²) in [5.41, 5.74) is 2.58. The van der Waals surface area contributed by atoms with Crippen LogP contribution in [0.1, 0.15) is 23.4 Å². The smallest absolute Gasteiger partial charge is 0.209 e. The first-order valence-corrected chi connectivity index (χ1v) is 8.44. The van der Waals surface area contributed by atoms with Crippen LogP contribution in [0.2, 0.25) is 5.15 Å². The fourth-order valence-corrected chi connectivity index (χ4v) is 2.62. The third-order valence-corrected chi connectivity index (χ3v) is 4.01. The molecule has 2 rings (SSSR count). The third kappa shape index (κ3) is 5.07. The van der Waals surface area contributed by atoms with Gasteiger partial charge in [0.25, 0.3) is 0 Å². The van der Waals surface area contributed by atoms with Crippen molar-refractivity contribution in [3.8, 4) is 0 Å². The zero-order valence-corrected chi connectivity index (χ0v) is 13.1. The minimum absolute atomic E-state index is 0.0555. The summed E-state index contributed by atoms with van der Waals surface area (Å²) in [5, 5.41) is 13.4. The van der Waals surface area contributed by atoms with Crippen LogP contribution in [0, 0.1) is 6.92 Å². The molecule has 0 aliphatic rings. The lowest BCUT2D eigenvalue weighted by Gasteiger charge is -2.04. The second-order valence-electron chi connectivity index (χ2n) is 4.76. The van der Waals surface area contributed by atoms with Crippen molar-refractivity contribution in [2.24, 2.45) is 5.14 Å². The van der Waals surface area contributed by atoms with E-state index < -0.39 is 10.0 Å². The summed E-state index contributed by atoms with van der Waals surface area (Å²) < 4.78 is 23.4. The summed E-state index contributed by atoms with van der Waals surface area (Å²) in [4.78, 5) is 4.18. The topological polar surface area (TPSA) is 104 Å². The minimum atomic E-state index is -3.42. The molecule has 0 bridgehead atoms. The van der Waals surface area contributed by atoms with Crippen molar-refractivity contribution in [2.75, 3.05) is 5.75 Å². The van der Waals surface area contributed by atoms with Gasteiger partial charge in [-0.2, -0.15) is 0 Å². The van der Waals surface area contributed by atoms with E-state index in [0.29, 0.717) is 24.5 Å². The highest BCUT2D eigenvalue weighted by Crippen LogP contribution is 2.12. The number of primary sulfonamides is 1. The van der Waals surface area contributed by atoms with Gasteiger partial charge in [0, 0.05) is 11.9 Å². The van der Waals surface area contributed by atoms with Crippen LogP contribution in [0.5, 0.6) is 0 Å². The lowest BCUT2D eigenvalue weighted by Crippen LogP contribution is -2.16. The molecule has 0 saturated carbocycles. The summed E-state index contributed by atoms with van der Waals surface area (Å²) >= 11 is 5.81. The Morgan fingerprint density at radius 3 is 2.81 bits per heavy atom. The zero-order valence-electron chi connectivity index (χ0n) is 11.5. The first-order valence-electron chi connectivity index (χ1n) is 6.35. The molecule has 0 atom stereocenters. The predicted molar refractivity (Wildman–Crippen MR) is 79.4 cm³/mol. The Hall–Kier alpha value is -1.51. The molecule has 2 heterocycles. The number of sulfonamides is 1. The Morgan fingerprint density at radius 2 is 2.14 bits per heavy atom. The standard InChI is InChI=1S/C12H16ClN5O2S/c1-9-10(4-5-12(13)15-9)7-18-8-11(16-17-18)3-2-6-21(14,19)20/h4-5,8H,2-3,6-7H2,1H3,(H2,14,19,20). The molecule has 9 heteroatoms. The molecule has 114 valence electrons. The lowest BCUT2D eigenvalue weighted by atomic mass is 10.2. The molecule has 7 nitrogen and oxygen atoms in total. The number of hydrogen-bond donors (Lipinski definition) is 1. The Kier molecular flexibility index (Phi) is 4.92. The van der Waals surface area contributed by atoms with Gasteiger partial charge >= 0.3 is 0 Å². The third-order valence-electron chi connectivity index (χ3n) is 2.94. The average Bonchev–Trinajstić information content (AvgIpc) is 2.79. The Bertz CT molecular complexity index is 729. The van der Waals surface area contributed by atoms with Crippen molar-refractivity contribution in [3.05, 3.63) is 40.4 Å². The van der Waals surface area contributed by atoms with Crippen molar-refractivity contribution >= 4 is 21.6 Å². The second-order valence-corrected chi connectivity index (χ2v) is 6.88. The molecule has 0 amide bonds. The van der Waals surface area contributed by atoms with Gasteiger partial charge in [-0.25, -0.2) is 23.2 Å². The molecule has 0 fully saturated rings. The van der Waals surface area contributed by atoms with E-state index >= 15 is 0 Å². The van der Waals surface area contributed by atoms with Crippen LogP contribution in [0.25, 0.3) is 0 Å². The first-order chi connectivity index (χ1) is 9.83. The highest BCUT2D eigenvalue weighted by Gasteiger charge is 2.07. The van der Waals surface area contributed by atoms with Crippen LogP contribution in [0.15, 0.2) is 18.3 Å². The van der Waals surface area contributed by atoms with Crippen LogP contribution in [0.4, 0.5) is 0 Å². The predicted octanol–water partition coefficient (Wildman–Crippen LogP) is 0.904. The van der Waals surface area contributed by atoms with E-state index in [-0.39, 0.29) is 5.75 Å². The van der Waals surface area contributed by atoms with E-state index in [1.54, 1.807) is 16.9 Å². The van der Waals surface area contributed by atoms with Crippen molar-refractivity contribution < 1.29 is 8.42 Å². The Morgan fingerprint density at radius 1 is 1.38 bits per heavy atom. The molecule has 2 N–H and O–H groups in total. The molecule has 0 aliphatic heterocycles.